The third-order valence-electron chi connectivity index (χ3n) is 2.08. The van der Waals surface area contributed by atoms with Crippen molar-refractivity contribution in [3.05, 3.63) is 0 Å². The van der Waals surface area contributed by atoms with Crippen LogP contribution in [0.25, 0.3) is 0 Å². The highest BCUT2D eigenvalue weighted by atomic mass is 16.5. The molecule has 1 atom stereocenters. The standard InChI is InChI=1S/C11H22N2O4/c1-8(2)7-17-11(16)13-9(10(14)15)5-3-4-6-12/h8-9H,3-7,12H2,1-2H3,(H,13,16)(H,14,15). The van der Waals surface area contributed by atoms with E-state index in [4.69, 9.17) is 15.6 Å². The van der Waals surface area contributed by atoms with Gasteiger partial charge in [0.25, 0.3) is 0 Å². The van der Waals surface area contributed by atoms with Gasteiger partial charge >= 0.3 is 12.1 Å². The van der Waals surface area contributed by atoms with Crippen molar-refractivity contribution in [1.82, 2.24) is 5.32 Å². The van der Waals surface area contributed by atoms with Crippen molar-refractivity contribution in [1.29, 1.82) is 0 Å². The van der Waals surface area contributed by atoms with Crippen LogP contribution in [0.4, 0.5) is 4.79 Å². The van der Waals surface area contributed by atoms with Crippen LogP contribution in [0, 0.1) is 5.92 Å². The van der Waals surface area contributed by atoms with Crippen molar-refractivity contribution in [2.24, 2.45) is 11.7 Å². The molecule has 1 amide bonds. The Morgan fingerprint density at radius 1 is 1.35 bits per heavy atom. The van der Waals surface area contributed by atoms with Crippen LogP contribution in [-0.2, 0) is 9.53 Å². The highest BCUT2D eigenvalue weighted by Gasteiger charge is 2.20. The summed E-state index contributed by atoms with van der Waals surface area (Å²) >= 11 is 0. The van der Waals surface area contributed by atoms with Crippen LogP contribution in [0.1, 0.15) is 33.1 Å². The molecule has 0 saturated carbocycles. The van der Waals surface area contributed by atoms with Gasteiger partial charge in [-0.05, 0) is 31.7 Å². The SMILES string of the molecule is CC(C)COC(=O)NC(CCCCN)C(=O)O. The summed E-state index contributed by atoms with van der Waals surface area (Å²) in [5.74, 6) is -0.829. The van der Waals surface area contributed by atoms with Gasteiger partial charge in [-0.25, -0.2) is 9.59 Å². The lowest BCUT2D eigenvalue weighted by molar-refractivity contribution is -0.139. The zero-order chi connectivity index (χ0) is 13.3. The van der Waals surface area contributed by atoms with Gasteiger partial charge in [0, 0.05) is 0 Å². The van der Waals surface area contributed by atoms with Gasteiger partial charge < -0.3 is 20.9 Å². The van der Waals surface area contributed by atoms with E-state index in [1.807, 2.05) is 13.8 Å². The summed E-state index contributed by atoms with van der Waals surface area (Å²) in [6.07, 6.45) is 1.09. The molecule has 17 heavy (non-hydrogen) atoms. The summed E-state index contributed by atoms with van der Waals surface area (Å²) in [6.45, 7) is 4.61. The second-order valence-corrected chi connectivity index (χ2v) is 4.31. The molecule has 0 fully saturated rings. The second kappa shape index (κ2) is 8.81. The van der Waals surface area contributed by atoms with Gasteiger partial charge in [0.2, 0.25) is 0 Å². The number of rotatable bonds is 8. The second-order valence-electron chi connectivity index (χ2n) is 4.31. The Bertz CT molecular complexity index is 244. The Kier molecular flexibility index (Phi) is 8.13. The van der Waals surface area contributed by atoms with Crippen LogP contribution < -0.4 is 11.1 Å². The first kappa shape index (κ1) is 15.7. The molecule has 0 saturated heterocycles. The molecular formula is C11H22N2O4. The number of nitrogens with one attached hydrogen (secondary N) is 1. The van der Waals surface area contributed by atoms with E-state index in [0.717, 1.165) is 6.42 Å². The molecule has 4 N–H and O–H groups in total. The molecule has 0 radical (unpaired) electrons. The predicted octanol–water partition coefficient (Wildman–Crippen LogP) is 0.951. The molecule has 0 aromatic heterocycles. The number of hydrogen-bond donors (Lipinski definition) is 3. The summed E-state index contributed by atoms with van der Waals surface area (Å²) in [6, 6.07) is -0.902. The molecule has 0 aromatic rings. The normalized spacial score (nSPS) is 12.2. The molecule has 0 heterocycles. The first-order valence-electron chi connectivity index (χ1n) is 5.83. The Hall–Kier alpha value is -1.30. The van der Waals surface area contributed by atoms with Crippen molar-refractivity contribution >= 4 is 12.1 Å². The van der Waals surface area contributed by atoms with E-state index in [1.165, 1.54) is 0 Å². The Balaban J connectivity index is 3.98. The number of carboxylic acids is 1. The van der Waals surface area contributed by atoms with Gasteiger partial charge in [0.1, 0.15) is 6.04 Å². The van der Waals surface area contributed by atoms with Crippen molar-refractivity contribution in [3.8, 4) is 0 Å². The smallest absolute Gasteiger partial charge is 0.407 e. The summed E-state index contributed by atoms with van der Waals surface area (Å²) < 4.78 is 4.85. The van der Waals surface area contributed by atoms with Crippen LogP contribution in [0.15, 0.2) is 0 Å². The number of ether oxygens (including phenoxy) is 1. The monoisotopic (exact) mass is 246 g/mol. The average molecular weight is 246 g/mol. The lowest BCUT2D eigenvalue weighted by Crippen LogP contribution is -2.41. The molecule has 0 aliphatic rings. The number of unbranched alkanes of at least 4 members (excludes halogenated alkanes) is 1. The minimum Gasteiger partial charge on any atom is -0.480 e. The minimum absolute atomic E-state index is 0.223. The number of hydrogen-bond acceptors (Lipinski definition) is 4. The number of carbonyl (C=O) groups excluding carboxylic acids is 1. The maximum Gasteiger partial charge on any atom is 0.407 e. The lowest BCUT2D eigenvalue weighted by Gasteiger charge is -2.15. The third kappa shape index (κ3) is 8.50. The molecule has 0 aliphatic heterocycles. The molecule has 0 spiro atoms. The predicted molar refractivity (Wildman–Crippen MR) is 63.7 cm³/mol. The quantitative estimate of drug-likeness (QED) is 0.553. The van der Waals surface area contributed by atoms with Crippen molar-refractivity contribution in [2.75, 3.05) is 13.2 Å². The van der Waals surface area contributed by atoms with Gasteiger partial charge in [-0.1, -0.05) is 13.8 Å². The molecule has 6 nitrogen and oxygen atoms in total. The Morgan fingerprint density at radius 2 is 2.00 bits per heavy atom. The number of amides is 1. The topological polar surface area (TPSA) is 102 Å². The minimum atomic E-state index is -1.05. The van der Waals surface area contributed by atoms with E-state index in [1.54, 1.807) is 0 Å². The van der Waals surface area contributed by atoms with E-state index >= 15 is 0 Å². The number of alkyl carbamates (subject to hydrolysis) is 1. The van der Waals surface area contributed by atoms with Gasteiger partial charge in [-0.2, -0.15) is 0 Å². The van der Waals surface area contributed by atoms with Crippen molar-refractivity contribution in [3.63, 3.8) is 0 Å². The number of carbonyl (C=O) groups is 2. The summed E-state index contributed by atoms with van der Waals surface area (Å²) in [7, 11) is 0. The van der Waals surface area contributed by atoms with Crippen LogP contribution in [-0.4, -0.2) is 36.4 Å². The molecule has 0 aromatic carbocycles. The molecule has 0 rings (SSSR count). The molecule has 100 valence electrons. The van der Waals surface area contributed by atoms with E-state index < -0.39 is 18.1 Å². The molecular weight excluding hydrogens is 224 g/mol. The van der Waals surface area contributed by atoms with Crippen molar-refractivity contribution in [2.45, 2.75) is 39.2 Å². The van der Waals surface area contributed by atoms with Gasteiger partial charge in [0.15, 0.2) is 0 Å². The van der Waals surface area contributed by atoms with Crippen LogP contribution in [0.5, 0.6) is 0 Å². The van der Waals surface area contributed by atoms with E-state index in [9.17, 15) is 9.59 Å². The average Bonchev–Trinajstić information content (AvgIpc) is 2.25. The van der Waals surface area contributed by atoms with E-state index in [2.05, 4.69) is 5.32 Å². The summed E-state index contributed by atoms with van der Waals surface area (Å²) in [5, 5.41) is 11.2. The van der Waals surface area contributed by atoms with Gasteiger partial charge in [-0.3, -0.25) is 0 Å². The fourth-order valence-corrected chi connectivity index (χ4v) is 1.18. The number of carboxylic acid groups (broad SMARTS) is 1. The van der Waals surface area contributed by atoms with Gasteiger partial charge in [0.05, 0.1) is 6.61 Å². The molecule has 6 heteroatoms. The fraction of sp³-hybridized carbons (Fsp3) is 0.818. The van der Waals surface area contributed by atoms with E-state index in [-0.39, 0.29) is 12.5 Å². The van der Waals surface area contributed by atoms with Crippen LogP contribution in [0.2, 0.25) is 0 Å². The first-order chi connectivity index (χ1) is 7.97. The molecule has 0 aliphatic carbocycles. The zero-order valence-corrected chi connectivity index (χ0v) is 10.4. The van der Waals surface area contributed by atoms with Gasteiger partial charge in [-0.15, -0.1) is 0 Å². The first-order valence-corrected chi connectivity index (χ1v) is 5.83. The Labute approximate surface area is 102 Å². The number of nitrogens with two attached hydrogens (primary N) is 1. The maximum atomic E-state index is 11.3. The van der Waals surface area contributed by atoms with Crippen LogP contribution >= 0.6 is 0 Å². The Morgan fingerprint density at radius 3 is 2.47 bits per heavy atom. The summed E-state index contributed by atoms with van der Waals surface area (Å²) in [4.78, 5) is 22.1. The lowest BCUT2D eigenvalue weighted by atomic mass is 10.1. The van der Waals surface area contributed by atoms with E-state index in [0.29, 0.717) is 19.4 Å². The third-order valence-corrected chi connectivity index (χ3v) is 2.08. The summed E-state index contributed by atoms with van der Waals surface area (Å²) in [5.41, 5.74) is 5.31. The molecule has 0 bridgehead atoms. The molecule has 1 unspecified atom stereocenters. The van der Waals surface area contributed by atoms with Crippen molar-refractivity contribution < 1.29 is 19.4 Å². The van der Waals surface area contributed by atoms with Crippen LogP contribution in [0.3, 0.4) is 0 Å². The zero-order valence-electron chi connectivity index (χ0n) is 10.4. The highest BCUT2D eigenvalue weighted by molar-refractivity contribution is 5.79. The largest absolute Gasteiger partial charge is 0.480 e. The fourth-order valence-electron chi connectivity index (χ4n) is 1.18. The maximum absolute atomic E-state index is 11.3. The highest BCUT2D eigenvalue weighted by Crippen LogP contribution is 2.02. The number of aliphatic carboxylic acids is 1.